The molecule has 1 aromatic heterocycles. The molecule has 0 amide bonds. The van der Waals surface area contributed by atoms with E-state index >= 15 is 0 Å². The number of nitrogens with two attached hydrogens (primary N) is 1. The van der Waals surface area contributed by atoms with E-state index in [2.05, 4.69) is 27.6 Å². The Kier molecular flexibility index (Phi) is 3.78. The van der Waals surface area contributed by atoms with E-state index in [-0.39, 0.29) is 0 Å². The Bertz CT molecular complexity index is 360. The molecule has 0 aliphatic heterocycles. The van der Waals surface area contributed by atoms with E-state index < -0.39 is 0 Å². The molecule has 2 rings (SSSR count). The first-order valence-corrected chi connectivity index (χ1v) is 6.25. The first kappa shape index (κ1) is 12.1. The molecule has 0 unspecified atom stereocenters. The molecule has 1 aromatic rings. The molecule has 0 aromatic carbocycles. The standard InChI is InChI=1S/C12H21N5/c1-12(6-3-2-4-7-12)9-15-10-5-8-14-11(16-10)17-13/h5,8H,2-4,6-7,9,13H2,1H3,(H2,14,15,16,17). The molecular weight excluding hydrogens is 214 g/mol. The summed E-state index contributed by atoms with van der Waals surface area (Å²) in [5, 5.41) is 3.38. The Morgan fingerprint density at radius 2 is 2.12 bits per heavy atom. The Hall–Kier alpha value is -1.36. The van der Waals surface area contributed by atoms with Crippen LogP contribution in [-0.4, -0.2) is 16.5 Å². The monoisotopic (exact) mass is 235 g/mol. The molecule has 1 heterocycles. The number of hydrazine groups is 1. The normalized spacial score (nSPS) is 18.7. The van der Waals surface area contributed by atoms with Crippen LogP contribution in [0.2, 0.25) is 0 Å². The van der Waals surface area contributed by atoms with Crippen molar-refractivity contribution in [2.75, 3.05) is 17.3 Å². The van der Waals surface area contributed by atoms with Crippen molar-refractivity contribution < 1.29 is 0 Å². The van der Waals surface area contributed by atoms with Crippen LogP contribution in [0.15, 0.2) is 12.3 Å². The van der Waals surface area contributed by atoms with Crippen LogP contribution < -0.4 is 16.6 Å². The van der Waals surface area contributed by atoms with Gasteiger partial charge in [-0.05, 0) is 24.3 Å². The van der Waals surface area contributed by atoms with Gasteiger partial charge in [-0.3, -0.25) is 5.43 Å². The van der Waals surface area contributed by atoms with Gasteiger partial charge in [0, 0.05) is 12.7 Å². The molecule has 4 N–H and O–H groups in total. The lowest BCUT2D eigenvalue weighted by Gasteiger charge is -2.33. The largest absolute Gasteiger partial charge is 0.369 e. The fourth-order valence-corrected chi connectivity index (χ4v) is 2.41. The Balaban J connectivity index is 1.92. The van der Waals surface area contributed by atoms with E-state index in [0.717, 1.165) is 12.4 Å². The fourth-order valence-electron chi connectivity index (χ4n) is 2.41. The molecule has 94 valence electrons. The zero-order chi connectivity index (χ0) is 12.1. The van der Waals surface area contributed by atoms with Gasteiger partial charge >= 0.3 is 0 Å². The highest BCUT2D eigenvalue weighted by Crippen LogP contribution is 2.35. The van der Waals surface area contributed by atoms with Crippen LogP contribution in [0.1, 0.15) is 39.0 Å². The van der Waals surface area contributed by atoms with Crippen molar-refractivity contribution in [3.05, 3.63) is 12.3 Å². The number of nitrogen functional groups attached to an aromatic ring is 1. The molecule has 5 nitrogen and oxygen atoms in total. The minimum atomic E-state index is 0.402. The van der Waals surface area contributed by atoms with Crippen LogP contribution in [0.3, 0.4) is 0 Å². The molecule has 0 atom stereocenters. The second kappa shape index (κ2) is 5.31. The highest BCUT2D eigenvalue weighted by molar-refractivity contribution is 5.39. The van der Waals surface area contributed by atoms with Gasteiger partial charge in [-0.25, -0.2) is 10.8 Å². The highest BCUT2D eigenvalue weighted by atomic mass is 15.3. The second-order valence-electron chi connectivity index (χ2n) is 5.13. The van der Waals surface area contributed by atoms with Crippen molar-refractivity contribution in [2.24, 2.45) is 11.3 Å². The van der Waals surface area contributed by atoms with Crippen molar-refractivity contribution in [2.45, 2.75) is 39.0 Å². The van der Waals surface area contributed by atoms with Gasteiger partial charge in [0.2, 0.25) is 5.95 Å². The van der Waals surface area contributed by atoms with Gasteiger partial charge in [0.05, 0.1) is 0 Å². The van der Waals surface area contributed by atoms with E-state index in [0.29, 0.717) is 11.4 Å². The van der Waals surface area contributed by atoms with E-state index in [9.17, 15) is 0 Å². The van der Waals surface area contributed by atoms with Crippen molar-refractivity contribution >= 4 is 11.8 Å². The zero-order valence-electron chi connectivity index (χ0n) is 10.4. The number of hydrogen-bond donors (Lipinski definition) is 3. The van der Waals surface area contributed by atoms with Crippen molar-refractivity contribution in [1.29, 1.82) is 0 Å². The molecule has 17 heavy (non-hydrogen) atoms. The Labute approximate surface area is 102 Å². The summed E-state index contributed by atoms with van der Waals surface area (Å²) >= 11 is 0. The summed E-state index contributed by atoms with van der Waals surface area (Å²) < 4.78 is 0. The first-order chi connectivity index (χ1) is 8.22. The molecule has 1 aliphatic carbocycles. The predicted octanol–water partition coefficient (Wildman–Crippen LogP) is 2.14. The molecule has 1 fully saturated rings. The van der Waals surface area contributed by atoms with Gasteiger partial charge in [-0.2, -0.15) is 4.98 Å². The smallest absolute Gasteiger partial charge is 0.239 e. The number of hydrogen-bond acceptors (Lipinski definition) is 5. The summed E-state index contributed by atoms with van der Waals surface area (Å²) in [6.07, 6.45) is 8.37. The molecule has 0 spiro atoms. The minimum Gasteiger partial charge on any atom is -0.369 e. The molecule has 0 saturated heterocycles. The maximum Gasteiger partial charge on any atom is 0.239 e. The molecule has 0 radical (unpaired) electrons. The average molecular weight is 235 g/mol. The van der Waals surface area contributed by atoms with Gasteiger partial charge in [0.1, 0.15) is 5.82 Å². The number of nitrogens with zero attached hydrogens (tertiary/aromatic N) is 2. The topological polar surface area (TPSA) is 75.9 Å². The summed E-state index contributed by atoms with van der Waals surface area (Å²) in [5.74, 6) is 6.56. The van der Waals surface area contributed by atoms with Crippen LogP contribution in [-0.2, 0) is 0 Å². The van der Waals surface area contributed by atoms with E-state index in [1.807, 2.05) is 6.07 Å². The van der Waals surface area contributed by atoms with Gasteiger partial charge in [-0.15, -0.1) is 0 Å². The SMILES string of the molecule is CC1(CNc2ccnc(NN)n2)CCCCC1. The van der Waals surface area contributed by atoms with Crippen LogP contribution >= 0.6 is 0 Å². The lowest BCUT2D eigenvalue weighted by atomic mass is 9.76. The van der Waals surface area contributed by atoms with Crippen molar-refractivity contribution in [3.63, 3.8) is 0 Å². The number of rotatable bonds is 4. The van der Waals surface area contributed by atoms with E-state index in [4.69, 9.17) is 5.84 Å². The number of anilines is 2. The van der Waals surface area contributed by atoms with Crippen LogP contribution in [0.5, 0.6) is 0 Å². The minimum absolute atomic E-state index is 0.402. The summed E-state index contributed by atoms with van der Waals surface area (Å²) in [7, 11) is 0. The molecular formula is C12H21N5. The third kappa shape index (κ3) is 3.30. The van der Waals surface area contributed by atoms with Crippen LogP contribution in [0.25, 0.3) is 0 Å². The highest BCUT2D eigenvalue weighted by Gasteiger charge is 2.26. The quantitative estimate of drug-likeness (QED) is 0.550. The second-order valence-corrected chi connectivity index (χ2v) is 5.13. The molecule has 0 bridgehead atoms. The van der Waals surface area contributed by atoms with Gasteiger partial charge in [0.15, 0.2) is 0 Å². The average Bonchev–Trinajstić information content (AvgIpc) is 2.38. The third-order valence-corrected chi connectivity index (χ3v) is 3.54. The molecule has 1 saturated carbocycles. The summed E-state index contributed by atoms with van der Waals surface area (Å²) in [4.78, 5) is 8.23. The first-order valence-electron chi connectivity index (χ1n) is 6.25. The van der Waals surface area contributed by atoms with Crippen LogP contribution in [0.4, 0.5) is 11.8 Å². The predicted molar refractivity (Wildman–Crippen MR) is 69.5 cm³/mol. The fraction of sp³-hybridized carbons (Fsp3) is 0.667. The Morgan fingerprint density at radius 1 is 1.35 bits per heavy atom. The summed E-state index contributed by atoms with van der Waals surface area (Å²) in [5.41, 5.74) is 2.85. The molecule has 1 aliphatic rings. The lowest BCUT2D eigenvalue weighted by molar-refractivity contribution is 0.233. The van der Waals surface area contributed by atoms with Gasteiger partial charge < -0.3 is 5.32 Å². The number of aromatic nitrogens is 2. The summed E-state index contributed by atoms with van der Waals surface area (Å²) in [6.45, 7) is 3.32. The third-order valence-electron chi connectivity index (χ3n) is 3.54. The number of nitrogens with one attached hydrogen (secondary N) is 2. The summed E-state index contributed by atoms with van der Waals surface area (Å²) in [6, 6.07) is 1.87. The Morgan fingerprint density at radius 3 is 2.82 bits per heavy atom. The van der Waals surface area contributed by atoms with E-state index in [1.165, 1.54) is 32.1 Å². The maximum absolute atomic E-state index is 5.28. The van der Waals surface area contributed by atoms with Gasteiger partial charge in [0.25, 0.3) is 0 Å². The lowest BCUT2D eigenvalue weighted by Crippen LogP contribution is -2.29. The zero-order valence-corrected chi connectivity index (χ0v) is 10.4. The van der Waals surface area contributed by atoms with Crippen molar-refractivity contribution in [1.82, 2.24) is 9.97 Å². The van der Waals surface area contributed by atoms with Crippen molar-refractivity contribution in [3.8, 4) is 0 Å². The molecule has 5 heteroatoms. The van der Waals surface area contributed by atoms with Crippen LogP contribution in [0, 0.1) is 5.41 Å². The van der Waals surface area contributed by atoms with Gasteiger partial charge in [-0.1, -0.05) is 26.2 Å². The van der Waals surface area contributed by atoms with E-state index in [1.54, 1.807) is 6.20 Å². The maximum atomic E-state index is 5.28.